The van der Waals surface area contributed by atoms with Gasteiger partial charge in [-0.1, -0.05) is 40.2 Å². The van der Waals surface area contributed by atoms with Crippen molar-refractivity contribution in [3.63, 3.8) is 0 Å². The van der Waals surface area contributed by atoms with Gasteiger partial charge in [-0.2, -0.15) is 0 Å². The molecule has 0 saturated carbocycles. The van der Waals surface area contributed by atoms with Crippen LogP contribution in [0.25, 0.3) is 0 Å². The van der Waals surface area contributed by atoms with E-state index in [1.165, 1.54) is 6.07 Å². The maximum absolute atomic E-state index is 11.1. The number of nitrogens with zero attached hydrogens (tertiary/aromatic N) is 1. The number of nitrogens with one attached hydrogen (secondary N) is 1. The number of benzene rings is 1. The van der Waals surface area contributed by atoms with Gasteiger partial charge in [-0.05, 0) is 24.0 Å². The summed E-state index contributed by atoms with van der Waals surface area (Å²) in [7, 11) is 0. The molecule has 1 N–H and O–H groups in total. The Hall–Kier alpha value is -1.62. The lowest BCUT2D eigenvalue weighted by atomic mass is 10.1. The largest absolute Gasteiger partial charge is 0.487 e. The summed E-state index contributed by atoms with van der Waals surface area (Å²) in [6.07, 6.45) is 2.15. The van der Waals surface area contributed by atoms with Gasteiger partial charge in [0.15, 0.2) is 5.75 Å². The highest BCUT2D eigenvalue weighted by Gasteiger charge is 2.16. The van der Waals surface area contributed by atoms with Crippen molar-refractivity contribution in [2.45, 2.75) is 53.1 Å². The normalized spacial score (nSPS) is 12.4. The molecule has 0 amide bonds. The molecule has 0 bridgehead atoms. The predicted octanol–water partition coefficient (Wildman–Crippen LogP) is 3.91. The second-order valence-corrected chi connectivity index (χ2v) is 5.80. The zero-order chi connectivity index (χ0) is 15.8. The molecule has 1 atom stereocenters. The van der Waals surface area contributed by atoms with Crippen LogP contribution >= 0.6 is 0 Å². The fraction of sp³-hybridized carbons (Fsp3) is 0.625. The number of nitro benzene ring substituents is 1. The minimum Gasteiger partial charge on any atom is -0.487 e. The van der Waals surface area contributed by atoms with Gasteiger partial charge in [-0.15, -0.1) is 0 Å². The van der Waals surface area contributed by atoms with Crippen molar-refractivity contribution >= 4 is 5.69 Å². The van der Waals surface area contributed by atoms with E-state index in [4.69, 9.17) is 4.74 Å². The van der Waals surface area contributed by atoms with Crippen molar-refractivity contribution in [3.05, 3.63) is 33.9 Å². The van der Waals surface area contributed by atoms with E-state index in [1.54, 1.807) is 12.1 Å². The smallest absolute Gasteiger partial charge is 0.310 e. The molecule has 0 spiro atoms. The predicted molar refractivity (Wildman–Crippen MR) is 84.6 cm³/mol. The number of hydrogen-bond donors (Lipinski definition) is 1. The van der Waals surface area contributed by atoms with Crippen LogP contribution in [0.4, 0.5) is 5.69 Å². The molecule has 0 aliphatic heterocycles. The van der Waals surface area contributed by atoms with E-state index in [0.29, 0.717) is 30.9 Å². The molecule has 21 heavy (non-hydrogen) atoms. The molecular weight excluding hydrogens is 268 g/mol. The van der Waals surface area contributed by atoms with Crippen LogP contribution < -0.4 is 10.1 Å². The van der Waals surface area contributed by atoms with Gasteiger partial charge in [0.25, 0.3) is 0 Å². The van der Waals surface area contributed by atoms with Gasteiger partial charge in [0.2, 0.25) is 0 Å². The van der Waals surface area contributed by atoms with Gasteiger partial charge in [0.05, 0.1) is 11.5 Å². The molecule has 1 rings (SSSR count). The first kappa shape index (κ1) is 17.4. The van der Waals surface area contributed by atoms with Crippen LogP contribution in [-0.4, -0.2) is 17.6 Å². The highest BCUT2D eigenvalue weighted by atomic mass is 16.6. The molecule has 0 aromatic heterocycles. The van der Waals surface area contributed by atoms with Gasteiger partial charge in [-0.25, -0.2) is 0 Å². The molecule has 1 unspecified atom stereocenters. The summed E-state index contributed by atoms with van der Waals surface area (Å²) in [5.41, 5.74) is 1.03. The first-order valence-corrected chi connectivity index (χ1v) is 7.57. The Morgan fingerprint density at radius 2 is 2.05 bits per heavy atom. The van der Waals surface area contributed by atoms with Crippen LogP contribution in [-0.2, 0) is 6.54 Å². The lowest BCUT2D eigenvalue weighted by molar-refractivity contribution is -0.385. The first-order valence-electron chi connectivity index (χ1n) is 7.57. The van der Waals surface area contributed by atoms with E-state index in [2.05, 4.69) is 33.0 Å². The van der Waals surface area contributed by atoms with Gasteiger partial charge in [-0.3, -0.25) is 10.1 Å². The molecule has 0 radical (unpaired) electrons. The molecular formula is C16H26N2O3. The van der Waals surface area contributed by atoms with E-state index in [-0.39, 0.29) is 10.6 Å². The summed E-state index contributed by atoms with van der Waals surface area (Å²) < 4.78 is 5.69. The summed E-state index contributed by atoms with van der Waals surface area (Å²) >= 11 is 0. The van der Waals surface area contributed by atoms with Crippen LogP contribution in [0.1, 0.15) is 46.1 Å². The Bertz CT molecular complexity index is 461. The fourth-order valence-corrected chi connectivity index (χ4v) is 2.07. The Morgan fingerprint density at radius 3 is 2.62 bits per heavy atom. The van der Waals surface area contributed by atoms with E-state index in [1.807, 2.05) is 0 Å². The SMILES string of the molecule is CCCC(C)COc1cc(CNC(C)C)ccc1[N+](=O)[O-]. The number of rotatable bonds is 9. The molecule has 118 valence electrons. The van der Waals surface area contributed by atoms with Crippen LogP contribution in [0, 0.1) is 16.0 Å². The fourth-order valence-electron chi connectivity index (χ4n) is 2.07. The molecule has 5 heteroatoms. The van der Waals surface area contributed by atoms with Gasteiger partial charge in [0, 0.05) is 18.7 Å². The summed E-state index contributed by atoms with van der Waals surface area (Å²) in [4.78, 5) is 10.7. The molecule has 0 fully saturated rings. The van der Waals surface area contributed by atoms with Crippen molar-refractivity contribution in [3.8, 4) is 5.75 Å². The highest BCUT2D eigenvalue weighted by Crippen LogP contribution is 2.28. The number of nitro groups is 1. The second-order valence-electron chi connectivity index (χ2n) is 5.80. The highest BCUT2D eigenvalue weighted by molar-refractivity contribution is 5.48. The minimum atomic E-state index is -0.389. The molecule has 0 aliphatic carbocycles. The summed E-state index contributed by atoms with van der Waals surface area (Å²) in [6, 6.07) is 5.44. The summed E-state index contributed by atoms with van der Waals surface area (Å²) in [5.74, 6) is 0.762. The molecule has 0 aliphatic rings. The van der Waals surface area contributed by atoms with Crippen LogP contribution in [0.15, 0.2) is 18.2 Å². The Kier molecular flexibility index (Phi) is 7.15. The Balaban J connectivity index is 2.80. The molecule has 5 nitrogen and oxygen atoms in total. The number of ether oxygens (including phenoxy) is 1. The average molecular weight is 294 g/mol. The minimum absolute atomic E-state index is 0.0343. The summed E-state index contributed by atoms with van der Waals surface area (Å²) in [6.45, 7) is 9.54. The third kappa shape index (κ3) is 6.12. The zero-order valence-electron chi connectivity index (χ0n) is 13.4. The van der Waals surface area contributed by atoms with Crippen molar-refractivity contribution in [2.75, 3.05) is 6.61 Å². The summed E-state index contributed by atoms with van der Waals surface area (Å²) in [5, 5.41) is 14.4. The standard InChI is InChI=1S/C16H26N2O3/c1-5-6-13(4)11-21-16-9-14(10-17-12(2)3)7-8-15(16)18(19)20/h7-9,12-13,17H,5-6,10-11H2,1-4H3. The maximum Gasteiger partial charge on any atom is 0.310 e. The van der Waals surface area contributed by atoms with Crippen molar-refractivity contribution in [2.24, 2.45) is 5.92 Å². The third-order valence-electron chi connectivity index (χ3n) is 3.24. The molecule has 1 aromatic rings. The lowest BCUT2D eigenvalue weighted by Crippen LogP contribution is -2.21. The van der Waals surface area contributed by atoms with Gasteiger partial charge >= 0.3 is 5.69 Å². The van der Waals surface area contributed by atoms with Gasteiger partial charge < -0.3 is 10.1 Å². The van der Waals surface area contributed by atoms with Crippen molar-refractivity contribution < 1.29 is 9.66 Å². The molecule has 0 heterocycles. The third-order valence-corrected chi connectivity index (χ3v) is 3.24. The second kappa shape index (κ2) is 8.62. The van der Waals surface area contributed by atoms with Gasteiger partial charge in [0.1, 0.15) is 0 Å². The van der Waals surface area contributed by atoms with Crippen LogP contribution in [0.5, 0.6) is 5.75 Å². The van der Waals surface area contributed by atoms with E-state index in [9.17, 15) is 10.1 Å². The van der Waals surface area contributed by atoms with E-state index in [0.717, 1.165) is 18.4 Å². The topological polar surface area (TPSA) is 64.4 Å². The lowest BCUT2D eigenvalue weighted by Gasteiger charge is -2.14. The molecule has 1 aromatic carbocycles. The van der Waals surface area contributed by atoms with Crippen LogP contribution in [0.3, 0.4) is 0 Å². The Labute approximate surface area is 126 Å². The monoisotopic (exact) mass is 294 g/mol. The molecule has 0 saturated heterocycles. The van der Waals surface area contributed by atoms with E-state index < -0.39 is 0 Å². The first-order chi connectivity index (χ1) is 9.93. The van der Waals surface area contributed by atoms with E-state index >= 15 is 0 Å². The number of hydrogen-bond acceptors (Lipinski definition) is 4. The Morgan fingerprint density at radius 1 is 1.33 bits per heavy atom. The van der Waals surface area contributed by atoms with Crippen molar-refractivity contribution in [1.29, 1.82) is 0 Å². The van der Waals surface area contributed by atoms with Crippen molar-refractivity contribution in [1.82, 2.24) is 5.32 Å². The maximum atomic E-state index is 11.1. The quantitative estimate of drug-likeness (QED) is 0.554. The zero-order valence-corrected chi connectivity index (χ0v) is 13.4. The van der Waals surface area contributed by atoms with Crippen LogP contribution in [0.2, 0.25) is 0 Å². The average Bonchev–Trinajstić information content (AvgIpc) is 2.43.